The van der Waals surface area contributed by atoms with Crippen LogP contribution in [-0.4, -0.2) is 47.5 Å². The van der Waals surface area contributed by atoms with E-state index >= 15 is 0 Å². The number of aromatic amines is 1. The van der Waals surface area contributed by atoms with Crippen molar-refractivity contribution in [3.8, 4) is 0 Å². The number of fused-ring (bicyclic) bond motifs is 1. The molecule has 0 aliphatic carbocycles. The van der Waals surface area contributed by atoms with Gasteiger partial charge in [-0.25, -0.2) is 4.79 Å². The lowest BCUT2D eigenvalue weighted by Gasteiger charge is -2.10. The van der Waals surface area contributed by atoms with Crippen LogP contribution in [0.4, 0.5) is 0 Å². The van der Waals surface area contributed by atoms with Gasteiger partial charge in [0.2, 0.25) is 5.91 Å². The number of hydrogen-bond acceptors (Lipinski definition) is 4. The number of hydrogen-bond donors (Lipinski definition) is 2. The van der Waals surface area contributed by atoms with Gasteiger partial charge in [-0.15, -0.1) is 0 Å². The fraction of sp³-hybridized carbons (Fsp3) is 0.526. The lowest BCUT2D eigenvalue weighted by molar-refractivity contribution is -0.121. The molecule has 0 saturated carbocycles. The minimum absolute atomic E-state index is 0.0597. The van der Waals surface area contributed by atoms with Gasteiger partial charge in [-0.1, -0.05) is 18.6 Å². The number of unbranched alkanes of at least 4 members (excludes halogenated alkanes) is 2. The molecule has 0 saturated heterocycles. The molecule has 0 unspecified atom stereocenters. The summed E-state index contributed by atoms with van der Waals surface area (Å²) in [5.74, 6) is 0.0597. The lowest BCUT2D eigenvalue weighted by Crippen LogP contribution is -2.35. The van der Waals surface area contributed by atoms with Crippen molar-refractivity contribution >= 4 is 16.8 Å². The number of carbonyl (C=O) groups is 1. The Balaban J connectivity index is 1.73. The molecule has 1 aromatic heterocycles. The molecular weight excluding hydrogens is 332 g/mol. The van der Waals surface area contributed by atoms with E-state index in [-0.39, 0.29) is 17.2 Å². The first-order valence-corrected chi connectivity index (χ1v) is 9.12. The van der Waals surface area contributed by atoms with Crippen LogP contribution in [0.1, 0.15) is 32.1 Å². The SMILES string of the molecule is CN(C)CCCNC(=O)CCCCCn1c(=O)[nH]c2ccccc2c1=O. The predicted octanol–water partition coefficient (Wildman–Crippen LogP) is 1.32. The Bertz CT molecular complexity index is 839. The smallest absolute Gasteiger partial charge is 0.328 e. The highest BCUT2D eigenvalue weighted by Gasteiger charge is 2.07. The molecule has 2 aromatic rings. The van der Waals surface area contributed by atoms with E-state index in [0.717, 1.165) is 25.8 Å². The molecule has 7 nitrogen and oxygen atoms in total. The number of aromatic nitrogens is 2. The molecule has 0 radical (unpaired) electrons. The van der Waals surface area contributed by atoms with E-state index in [2.05, 4.69) is 15.2 Å². The van der Waals surface area contributed by atoms with Crippen molar-refractivity contribution in [2.24, 2.45) is 0 Å². The van der Waals surface area contributed by atoms with E-state index in [1.807, 2.05) is 14.1 Å². The van der Waals surface area contributed by atoms with E-state index in [1.54, 1.807) is 24.3 Å². The number of H-pyrrole nitrogens is 1. The average molecular weight is 360 g/mol. The Morgan fingerprint density at radius 1 is 1.12 bits per heavy atom. The molecular formula is C19H28N4O3. The second-order valence-corrected chi connectivity index (χ2v) is 6.75. The molecule has 1 amide bonds. The quantitative estimate of drug-likeness (QED) is 0.626. The largest absolute Gasteiger partial charge is 0.356 e. The maximum Gasteiger partial charge on any atom is 0.328 e. The van der Waals surface area contributed by atoms with Crippen molar-refractivity contribution in [1.82, 2.24) is 19.8 Å². The van der Waals surface area contributed by atoms with Gasteiger partial charge in [-0.2, -0.15) is 0 Å². The summed E-state index contributed by atoms with van der Waals surface area (Å²) in [5.41, 5.74) is -0.0833. The maximum absolute atomic E-state index is 12.4. The van der Waals surface area contributed by atoms with Crippen molar-refractivity contribution in [2.75, 3.05) is 27.2 Å². The highest BCUT2D eigenvalue weighted by atomic mass is 16.2. The second-order valence-electron chi connectivity index (χ2n) is 6.75. The summed E-state index contributed by atoms with van der Waals surface area (Å²) < 4.78 is 1.24. The van der Waals surface area contributed by atoms with Gasteiger partial charge in [-0.3, -0.25) is 14.2 Å². The summed E-state index contributed by atoms with van der Waals surface area (Å²) in [6, 6.07) is 7.00. The maximum atomic E-state index is 12.4. The Kier molecular flexibility index (Phi) is 7.59. The van der Waals surface area contributed by atoms with Crippen LogP contribution >= 0.6 is 0 Å². The normalized spacial score (nSPS) is 11.2. The highest BCUT2D eigenvalue weighted by Crippen LogP contribution is 2.04. The molecule has 0 aliphatic rings. The van der Waals surface area contributed by atoms with Crippen LogP contribution < -0.4 is 16.6 Å². The van der Waals surface area contributed by atoms with E-state index in [0.29, 0.717) is 36.8 Å². The van der Waals surface area contributed by atoms with Crippen LogP contribution in [0, 0.1) is 0 Å². The number of nitrogens with one attached hydrogen (secondary N) is 2. The lowest BCUT2D eigenvalue weighted by atomic mass is 10.2. The van der Waals surface area contributed by atoms with Crippen LogP contribution in [0.3, 0.4) is 0 Å². The molecule has 142 valence electrons. The second kappa shape index (κ2) is 9.91. The molecule has 0 atom stereocenters. The van der Waals surface area contributed by atoms with Crippen molar-refractivity contribution in [2.45, 2.75) is 38.6 Å². The van der Waals surface area contributed by atoms with Crippen LogP contribution in [0.5, 0.6) is 0 Å². The van der Waals surface area contributed by atoms with E-state index < -0.39 is 0 Å². The number of nitrogens with zero attached hydrogens (tertiary/aromatic N) is 2. The Morgan fingerprint density at radius 2 is 1.88 bits per heavy atom. The minimum Gasteiger partial charge on any atom is -0.356 e. The van der Waals surface area contributed by atoms with Gasteiger partial charge < -0.3 is 15.2 Å². The third kappa shape index (κ3) is 5.84. The number of rotatable bonds is 10. The first-order valence-electron chi connectivity index (χ1n) is 9.12. The van der Waals surface area contributed by atoms with Gasteiger partial charge in [0.25, 0.3) is 5.56 Å². The number of para-hydroxylation sites is 1. The summed E-state index contributed by atoms with van der Waals surface area (Å²) in [6.07, 6.45) is 3.65. The summed E-state index contributed by atoms with van der Waals surface area (Å²) in [4.78, 5) is 41.0. The highest BCUT2D eigenvalue weighted by molar-refractivity contribution is 5.77. The third-order valence-electron chi connectivity index (χ3n) is 4.28. The standard InChI is InChI=1S/C19H28N4O3/c1-22(2)13-8-12-20-17(24)11-4-3-7-14-23-18(25)15-9-5-6-10-16(15)21-19(23)26/h5-6,9-10H,3-4,7-8,11-14H2,1-2H3,(H,20,24)(H,21,26). The summed E-state index contributed by atoms with van der Waals surface area (Å²) >= 11 is 0. The fourth-order valence-electron chi connectivity index (χ4n) is 2.85. The van der Waals surface area contributed by atoms with Crippen molar-refractivity contribution in [3.63, 3.8) is 0 Å². The first kappa shape index (κ1) is 19.9. The zero-order valence-electron chi connectivity index (χ0n) is 15.6. The van der Waals surface area contributed by atoms with Gasteiger partial charge in [0.05, 0.1) is 10.9 Å². The molecule has 0 fully saturated rings. The van der Waals surface area contributed by atoms with E-state index in [4.69, 9.17) is 0 Å². The zero-order chi connectivity index (χ0) is 18.9. The molecule has 0 bridgehead atoms. The zero-order valence-corrected chi connectivity index (χ0v) is 15.6. The Hall–Kier alpha value is -2.41. The van der Waals surface area contributed by atoms with Crippen LogP contribution in [0.25, 0.3) is 10.9 Å². The van der Waals surface area contributed by atoms with Gasteiger partial charge in [0.15, 0.2) is 0 Å². The molecule has 2 N–H and O–H groups in total. The van der Waals surface area contributed by atoms with E-state index in [9.17, 15) is 14.4 Å². The molecule has 7 heteroatoms. The Labute approximate surface area is 153 Å². The van der Waals surface area contributed by atoms with Crippen LogP contribution in [0.2, 0.25) is 0 Å². The van der Waals surface area contributed by atoms with E-state index in [1.165, 1.54) is 4.57 Å². The molecule has 1 heterocycles. The van der Waals surface area contributed by atoms with Crippen molar-refractivity contribution < 1.29 is 4.79 Å². The summed E-state index contributed by atoms with van der Waals surface area (Å²) in [6.45, 7) is 2.01. The molecule has 26 heavy (non-hydrogen) atoms. The molecule has 0 spiro atoms. The third-order valence-corrected chi connectivity index (χ3v) is 4.28. The predicted molar refractivity (Wildman–Crippen MR) is 103 cm³/mol. The van der Waals surface area contributed by atoms with Crippen LogP contribution in [-0.2, 0) is 11.3 Å². The van der Waals surface area contributed by atoms with Gasteiger partial charge in [0.1, 0.15) is 0 Å². The summed E-state index contributed by atoms with van der Waals surface area (Å²) in [5, 5.41) is 3.43. The van der Waals surface area contributed by atoms with Gasteiger partial charge in [-0.05, 0) is 52.0 Å². The average Bonchev–Trinajstić information content (AvgIpc) is 2.60. The van der Waals surface area contributed by atoms with Crippen molar-refractivity contribution in [3.05, 3.63) is 45.1 Å². The number of benzene rings is 1. The molecule has 1 aromatic carbocycles. The monoisotopic (exact) mass is 360 g/mol. The topological polar surface area (TPSA) is 87.2 Å². The van der Waals surface area contributed by atoms with Crippen LogP contribution in [0.15, 0.2) is 33.9 Å². The minimum atomic E-state index is -0.382. The van der Waals surface area contributed by atoms with Gasteiger partial charge >= 0.3 is 5.69 Å². The van der Waals surface area contributed by atoms with Gasteiger partial charge in [0, 0.05) is 19.5 Å². The number of amides is 1. The summed E-state index contributed by atoms with van der Waals surface area (Å²) in [7, 11) is 4.02. The molecule has 0 aliphatic heterocycles. The first-order chi connectivity index (χ1) is 12.5. The molecule has 2 rings (SSSR count). The number of carbonyl (C=O) groups excluding carboxylic acids is 1. The fourth-order valence-corrected chi connectivity index (χ4v) is 2.85. The Morgan fingerprint density at radius 3 is 2.65 bits per heavy atom. The van der Waals surface area contributed by atoms with Crippen molar-refractivity contribution in [1.29, 1.82) is 0 Å².